The third kappa shape index (κ3) is 3.40. The summed E-state index contributed by atoms with van der Waals surface area (Å²) in [7, 11) is -9.74. The molecule has 1 rings (SSSR count). The topological polar surface area (TPSA) is 130 Å². The van der Waals surface area contributed by atoms with Gasteiger partial charge in [0.15, 0.2) is 0 Å². The van der Waals surface area contributed by atoms with Gasteiger partial charge in [0, 0.05) is 12.4 Å². The zero-order valence-corrected chi connectivity index (χ0v) is 9.04. The Hall–Kier alpha value is -0.730. The van der Waals surface area contributed by atoms with Gasteiger partial charge in [0.1, 0.15) is 0 Å². The predicted molar refractivity (Wildman–Crippen MR) is 49.6 cm³/mol. The van der Waals surface area contributed by atoms with Gasteiger partial charge in [0.2, 0.25) is 4.99 Å². The Morgan fingerprint density at radius 1 is 1.47 bits per heavy atom. The number of hydrogen-bond donors (Lipinski definition) is 3. The zero-order valence-electron chi connectivity index (χ0n) is 7.33. The molecule has 86 valence electrons. The molecule has 1 atom stereocenters. The maximum Gasteiger partial charge on any atom is 0.347 e. The van der Waals surface area contributed by atoms with Gasteiger partial charge in [-0.3, -0.25) is 9.12 Å². The van der Waals surface area contributed by atoms with Gasteiger partial charge in [-0.15, -0.1) is 0 Å². The average Bonchev–Trinajstić information content (AvgIpc) is 2.46. The minimum absolute atomic E-state index is 0.552. The van der Waals surface area contributed by atoms with Crippen molar-refractivity contribution in [2.75, 3.05) is 0 Å². The second-order valence-corrected chi connectivity index (χ2v) is 6.57. The van der Waals surface area contributed by atoms with Gasteiger partial charge in [-0.1, -0.05) is 0 Å². The third-order valence-corrected chi connectivity index (χ3v) is 5.02. The van der Waals surface area contributed by atoms with Gasteiger partial charge in [-0.25, -0.2) is 4.98 Å². The number of nitrogens with zero attached hydrogens (tertiary/aromatic N) is 2. The van der Waals surface area contributed by atoms with Gasteiger partial charge < -0.3 is 14.4 Å². The van der Waals surface area contributed by atoms with Gasteiger partial charge in [-0.05, 0) is 0 Å². The molecule has 0 radical (unpaired) electrons. The van der Waals surface area contributed by atoms with Crippen LogP contribution in [0.1, 0.15) is 0 Å². The Bertz CT molecular complexity index is 462. The van der Waals surface area contributed by atoms with Crippen molar-refractivity contribution in [3.8, 4) is 0 Å². The maximum absolute atomic E-state index is 10.8. The molecule has 1 unspecified atom stereocenters. The largest absolute Gasteiger partial charge is 0.347 e. The lowest BCUT2D eigenvalue weighted by Gasteiger charge is -2.15. The minimum Gasteiger partial charge on any atom is -0.335 e. The Balaban J connectivity index is 3.00. The van der Waals surface area contributed by atoms with Crippen molar-refractivity contribution < 1.29 is 27.3 Å². The first kappa shape index (κ1) is 12.3. The Morgan fingerprint density at radius 2 is 2.07 bits per heavy atom. The molecule has 0 spiro atoms. The molecule has 15 heavy (non-hydrogen) atoms. The fraction of sp³-hybridized carbons (Fsp3) is 0.400. The van der Waals surface area contributed by atoms with Crippen LogP contribution in [-0.4, -0.2) is 37.3 Å². The Kier molecular flexibility index (Phi) is 3.31. The summed E-state index contributed by atoms with van der Waals surface area (Å²) < 4.78 is 42.1. The molecule has 0 bridgehead atoms. The van der Waals surface area contributed by atoms with E-state index in [1.54, 1.807) is 0 Å². The molecule has 1 aromatic heterocycles. The molecule has 0 saturated heterocycles. The molecule has 0 aliphatic heterocycles. The first-order chi connectivity index (χ1) is 6.71. The fourth-order valence-electron chi connectivity index (χ4n) is 0.949. The van der Waals surface area contributed by atoms with Crippen LogP contribution in [0.25, 0.3) is 0 Å². The van der Waals surface area contributed by atoms with Crippen molar-refractivity contribution in [3.63, 3.8) is 0 Å². The van der Waals surface area contributed by atoms with E-state index in [4.69, 9.17) is 14.3 Å². The highest BCUT2D eigenvalue weighted by Crippen LogP contribution is 2.44. The summed E-state index contributed by atoms with van der Waals surface area (Å²) in [6, 6.07) is 0. The Labute approximate surface area is 85.5 Å². The van der Waals surface area contributed by atoms with E-state index >= 15 is 0 Å². The summed E-state index contributed by atoms with van der Waals surface area (Å²) in [6.45, 7) is -0.552. The molecule has 1 aromatic rings. The van der Waals surface area contributed by atoms with E-state index in [-0.39, 0.29) is 0 Å². The summed E-state index contributed by atoms with van der Waals surface area (Å²) >= 11 is 0. The van der Waals surface area contributed by atoms with E-state index < -0.39 is 29.2 Å². The van der Waals surface area contributed by atoms with E-state index in [0.717, 1.165) is 4.57 Å². The van der Waals surface area contributed by atoms with E-state index in [0.29, 0.717) is 0 Å². The van der Waals surface area contributed by atoms with Crippen molar-refractivity contribution in [2.24, 2.45) is 0 Å². The summed E-state index contributed by atoms with van der Waals surface area (Å²) in [5.74, 6) is 0. The van der Waals surface area contributed by atoms with Crippen LogP contribution in [0, 0.1) is 0 Å². The molecule has 0 aliphatic rings. The van der Waals surface area contributed by atoms with E-state index in [2.05, 4.69) is 4.98 Å². The second-order valence-electron chi connectivity index (χ2n) is 2.82. The standard InChI is InChI=1S/C5H9N2O6PS/c8-14(9,10)5(15(11,12)13)3-7-2-1-6-4-7/h1-2,4-5H,3H2,(H2,8,9,10)(H,11,12,13). The van der Waals surface area contributed by atoms with Gasteiger partial charge in [0.25, 0.3) is 10.1 Å². The van der Waals surface area contributed by atoms with Gasteiger partial charge in [-0.2, -0.15) is 8.42 Å². The molecule has 0 saturated carbocycles. The molecule has 8 nitrogen and oxygen atoms in total. The first-order valence-corrected chi connectivity index (χ1v) is 6.87. The van der Waals surface area contributed by atoms with Crippen molar-refractivity contribution in [1.82, 2.24) is 9.55 Å². The molecular weight excluding hydrogens is 247 g/mol. The molecule has 1 heterocycles. The van der Waals surface area contributed by atoms with Crippen LogP contribution >= 0.6 is 7.60 Å². The van der Waals surface area contributed by atoms with Crippen molar-refractivity contribution in [2.45, 2.75) is 11.5 Å². The van der Waals surface area contributed by atoms with Crippen LogP contribution in [0.15, 0.2) is 18.7 Å². The fourth-order valence-corrected chi connectivity index (χ4v) is 3.10. The predicted octanol–water partition coefficient (Wildman–Crippen LogP) is -0.725. The highest BCUT2D eigenvalue weighted by molar-refractivity contribution is 7.93. The van der Waals surface area contributed by atoms with E-state index in [1.165, 1.54) is 18.7 Å². The second kappa shape index (κ2) is 4.03. The Morgan fingerprint density at radius 3 is 2.40 bits per heavy atom. The number of hydrogen-bond acceptors (Lipinski definition) is 4. The lowest BCUT2D eigenvalue weighted by molar-refractivity contribution is 0.358. The first-order valence-electron chi connectivity index (χ1n) is 3.68. The van der Waals surface area contributed by atoms with Crippen molar-refractivity contribution >= 4 is 17.7 Å². The number of imidazole rings is 1. The SMILES string of the molecule is O=P(O)(O)C(Cn1ccnc1)S(=O)(=O)O. The van der Waals surface area contributed by atoms with E-state index in [9.17, 15) is 13.0 Å². The van der Waals surface area contributed by atoms with Crippen molar-refractivity contribution in [1.29, 1.82) is 0 Å². The number of aromatic nitrogens is 2. The maximum atomic E-state index is 10.8. The van der Waals surface area contributed by atoms with Crippen molar-refractivity contribution in [3.05, 3.63) is 18.7 Å². The monoisotopic (exact) mass is 256 g/mol. The summed E-state index contributed by atoms with van der Waals surface area (Å²) in [5.41, 5.74) is 0. The molecule has 0 aliphatic carbocycles. The van der Waals surface area contributed by atoms with E-state index in [1.807, 2.05) is 0 Å². The zero-order chi connectivity index (χ0) is 11.7. The molecular formula is C5H9N2O6PS. The summed E-state index contributed by atoms with van der Waals surface area (Å²) in [6.07, 6.45) is 3.84. The van der Waals surface area contributed by atoms with Crippen LogP contribution in [0.2, 0.25) is 0 Å². The van der Waals surface area contributed by atoms with Crippen LogP contribution < -0.4 is 0 Å². The quantitative estimate of drug-likeness (QED) is 0.478. The summed E-state index contributed by atoms with van der Waals surface area (Å²) in [5, 5.41) is 0. The lowest BCUT2D eigenvalue weighted by atomic mass is 10.7. The normalized spacial score (nSPS) is 15.1. The van der Waals surface area contributed by atoms with Crippen LogP contribution in [0.3, 0.4) is 0 Å². The molecule has 0 fully saturated rings. The highest BCUT2D eigenvalue weighted by atomic mass is 32.2. The number of rotatable bonds is 4. The third-order valence-electron chi connectivity index (χ3n) is 1.65. The average molecular weight is 256 g/mol. The smallest absolute Gasteiger partial charge is 0.335 e. The molecule has 3 N–H and O–H groups in total. The van der Waals surface area contributed by atoms with Gasteiger partial charge in [0.05, 0.1) is 12.9 Å². The van der Waals surface area contributed by atoms with Crippen LogP contribution in [0.5, 0.6) is 0 Å². The van der Waals surface area contributed by atoms with Gasteiger partial charge >= 0.3 is 7.60 Å². The summed E-state index contributed by atoms with van der Waals surface area (Å²) in [4.78, 5) is 18.9. The highest BCUT2D eigenvalue weighted by Gasteiger charge is 2.39. The minimum atomic E-state index is -4.93. The van der Waals surface area contributed by atoms with Crippen LogP contribution in [0.4, 0.5) is 0 Å². The molecule has 0 aromatic carbocycles. The molecule has 0 amide bonds. The van der Waals surface area contributed by atoms with Crippen LogP contribution in [-0.2, 0) is 21.2 Å². The molecule has 10 heteroatoms. The lowest BCUT2D eigenvalue weighted by Crippen LogP contribution is -2.25.